The summed E-state index contributed by atoms with van der Waals surface area (Å²) in [4.78, 5) is 29.2. The number of nitrogens with zero attached hydrogens (tertiary/aromatic N) is 2. The average Bonchev–Trinajstić information content (AvgIpc) is 3.00. The second kappa shape index (κ2) is 9.89. The number of carbonyl (C=O) groups is 2. The first-order chi connectivity index (χ1) is 13.0. The van der Waals surface area contributed by atoms with Gasteiger partial charge in [-0.2, -0.15) is 4.99 Å². The lowest BCUT2D eigenvalue weighted by molar-refractivity contribution is -0.121. The number of hydrogen-bond donors (Lipinski definition) is 1. The second-order valence-corrected chi connectivity index (χ2v) is 6.41. The van der Waals surface area contributed by atoms with Gasteiger partial charge in [0.25, 0.3) is 5.91 Å². The summed E-state index contributed by atoms with van der Waals surface area (Å²) < 4.78 is 17.0. The molecule has 0 unspecified atom stereocenters. The van der Waals surface area contributed by atoms with E-state index in [0.29, 0.717) is 35.0 Å². The number of amides is 2. The molecule has 1 N–H and O–H groups in total. The molecule has 1 aromatic carbocycles. The van der Waals surface area contributed by atoms with Gasteiger partial charge >= 0.3 is 0 Å². The van der Waals surface area contributed by atoms with E-state index in [0.717, 1.165) is 5.69 Å². The molecule has 0 atom stereocenters. The van der Waals surface area contributed by atoms with Gasteiger partial charge in [-0.1, -0.05) is 0 Å². The van der Waals surface area contributed by atoms with Crippen molar-refractivity contribution in [3.05, 3.63) is 39.6 Å². The Morgan fingerprint density at radius 1 is 1.19 bits per heavy atom. The Morgan fingerprint density at radius 3 is 2.59 bits per heavy atom. The zero-order chi connectivity index (χ0) is 19.8. The van der Waals surface area contributed by atoms with Gasteiger partial charge in [0.1, 0.15) is 6.54 Å². The Hall–Kier alpha value is -2.65. The average molecular weight is 393 g/mol. The van der Waals surface area contributed by atoms with Gasteiger partial charge in [-0.05, 0) is 25.1 Å². The van der Waals surface area contributed by atoms with Crippen molar-refractivity contribution in [3.63, 3.8) is 0 Å². The summed E-state index contributed by atoms with van der Waals surface area (Å²) in [6, 6.07) is 4.85. The molecular formula is C18H23N3O5S. The van der Waals surface area contributed by atoms with Crippen molar-refractivity contribution < 1.29 is 23.8 Å². The van der Waals surface area contributed by atoms with Gasteiger partial charge in [-0.25, -0.2) is 0 Å². The van der Waals surface area contributed by atoms with Crippen LogP contribution < -0.4 is 19.6 Å². The van der Waals surface area contributed by atoms with Gasteiger partial charge in [-0.3, -0.25) is 9.59 Å². The van der Waals surface area contributed by atoms with Crippen LogP contribution in [-0.4, -0.2) is 50.9 Å². The van der Waals surface area contributed by atoms with Crippen molar-refractivity contribution in [3.8, 4) is 11.5 Å². The lowest BCUT2D eigenvalue weighted by atomic mass is 10.2. The number of hydrogen-bond acceptors (Lipinski definition) is 6. The van der Waals surface area contributed by atoms with Gasteiger partial charge in [-0.15, -0.1) is 11.3 Å². The minimum absolute atomic E-state index is 0.0805. The number of benzene rings is 1. The first-order valence-electron chi connectivity index (χ1n) is 8.21. The lowest BCUT2D eigenvalue weighted by Gasteiger charge is -2.08. The highest BCUT2D eigenvalue weighted by Crippen LogP contribution is 2.27. The van der Waals surface area contributed by atoms with Gasteiger partial charge < -0.3 is 24.1 Å². The molecule has 0 fully saturated rings. The van der Waals surface area contributed by atoms with E-state index >= 15 is 0 Å². The molecule has 2 aromatic rings. The van der Waals surface area contributed by atoms with Crippen LogP contribution in [0.15, 0.2) is 28.6 Å². The van der Waals surface area contributed by atoms with Crippen molar-refractivity contribution in [1.29, 1.82) is 0 Å². The van der Waals surface area contributed by atoms with Crippen molar-refractivity contribution in [2.45, 2.75) is 13.5 Å². The van der Waals surface area contributed by atoms with Gasteiger partial charge in [0.05, 0.1) is 20.8 Å². The van der Waals surface area contributed by atoms with Crippen LogP contribution in [-0.2, 0) is 16.1 Å². The monoisotopic (exact) mass is 393 g/mol. The van der Waals surface area contributed by atoms with Crippen LogP contribution in [0, 0.1) is 6.92 Å². The summed E-state index contributed by atoms with van der Waals surface area (Å²) in [6.07, 6.45) is 0. The Labute approximate surface area is 161 Å². The minimum Gasteiger partial charge on any atom is -0.493 e. The molecule has 0 saturated carbocycles. The first-order valence-corrected chi connectivity index (χ1v) is 9.09. The van der Waals surface area contributed by atoms with Crippen LogP contribution >= 0.6 is 11.3 Å². The number of nitrogens with one attached hydrogen (secondary N) is 1. The summed E-state index contributed by atoms with van der Waals surface area (Å²) in [5.41, 5.74) is 1.22. The molecular weight excluding hydrogens is 370 g/mol. The number of aryl methyl sites for hydroxylation is 1. The topological polar surface area (TPSA) is 91.2 Å². The van der Waals surface area contributed by atoms with E-state index in [1.54, 1.807) is 29.9 Å². The highest BCUT2D eigenvalue weighted by atomic mass is 32.1. The highest BCUT2D eigenvalue weighted by Gasteiger charge is 2.12. The molecule has 27 heavy (non-hydrogen) atoms. The molecule has 9 heteroatoms. The van der Waals surface area contributed by atoms with Crippen LogP contribution in [0.2, 0.25) is 0 Å². The van der Waals surface area contributed by atoms with E-state index in [9.17, 15) is 9.59 Å². The second-order valence-electron chi connectivity index (χ2n) is 5.58. The van der Waals surface area contributed by atoms with Crippen LogP contribution in [0.4, 0.5) is 0 Å². The number of methoxy groups -OCH3 is 3. The smallest absolute Gasteiger partial charge is 0.279 e. The van der Waals surface area contributed by atoms with Gasteiger partial charge in [0.2, 0.25) is 5.91 Å². The standard InChI is InChI=1S/C18H23N3O5S/c1-12-11-27-18(21(12)10-16(22)19-7-8-24-2)20-17(23)13-5-6-14(25-3)15(9-13)26-4/h5-6,9,11H,7-8,10H2,1-4H3,(H,19,22). The maximum absolute atomic E-state index is 12.6. The fraction of sp³-hybridized carbons (Fsp3) is 0.389. The predicted octanol–water partition coefficient (Wildman–Crippen LogP) is 1.38. The molecule has 0 spiro atoms. The summed E-state index contributed by atoms with van der Waals surface area (Å²) in [5, 5.41) is 4.60. The Morgan fingerprint density at radius 2 is 1.93 bits per heavy atom. The Balaban J connectivity index is 2.24. The number of ether oxygens (including phenoxy) is 3. The first kappa shape index (κ1) is 20.7. The molecule has 146 valence electrons. The van der Waals surface area contributed by atoms with E-state index in [4.69, 9.17) is 14.2 Å². The molecule has 0 saturated heterocycles. The number of carbonyl (C=O) groups excluding carboxylic acids is 2. The number of thiazole rings is 1. The molecule has 0 aliphatic heterocycles. The zero-order valence-electron chi connectivity index (χ0n) is 15.8. The predicted molar refractivity (Wildman–Crippen MR) is 101 cm³/mol. The van der Waals surface area contributed by atoms with E-state index in [-0.39, 0.29) is 12.5 Å². The van der Waals surface area contributed by atoms with E-state index in [2.05, 4.69) is 10.3 Å². The maximum Gasteiger partial charge on any atom is 0.279 e. The van der Waals surface area contributed by atoms with Crippen molar-refractivity contribution in [1.82, 2.24) is 9.88 Å². The third-order valence-corrected chi connectivity index (χ3v) is 4.73. The fourth-order valence-corrected chi connectivity index (χ4v) is 3.18. The molecule has 0 aliphatic carbocycles. The van der Waals surface area contributed by atoms with Crippen LogP contribution in [0.3, 0.4) is 0 Å². The summed E-state index contributed by atoms with van der Waals surface area (Å²) >= 11 is 1.30. The third kappa shape index (κ3) is 5.41. The Kier molecular flexibility index (Phi) is 7.56. The van der Waals surface area contributed by atoms with Crippen LogP contribution in [0.5, 0.6) is 11.5 Å². The molecule has 1 aromatic heterocycles. The van der Waals surface area contributed by atoms with E-state index in [1.165, 1.54) is 25.6 Å². The normalized spacial score (nSPS) is 11.3. The van der Waals surface area contributed by atoms with Crippen LogP contribution in [0.1, 0.15) is 16.1 Å². The van der Waals surface area contributed by atoms with Crippen molar-refractivity contribution in [2.75, 3.05) is 34.5 Å². The highest BCUT2D eigenvalue weighted by molar-refractivity contribution is 7.07. The minimum atomic E-state index is -0.425. The quantitative estimate of drug-likeness (QED) is 0.684. The van der Waals surface area contributed by atoms with Crippen molar-refractivity contribution in [2.24, 2.45) is 4.99 Å². The van der Waals surface area contributed by atoms with Crippen LogP contribution in [0.25, 0.3) is 0 Å². The molecule has 1 heterocycles. The molecule has 8 nitrogen and oxygen atoms in total. The van der Waals surface area contributed by atoms with Crippen molar-refractivity contribution >= 4 is 23.2 Å². The molecule has 0 radical (unpaired) electrons. The zero-order valence-corrected chi connectivity index (χ0v) is 16.6. The largest absolute Gasteiger partial charge is 0.493 e. The summed E-state index contributed by atoms with van der Waals surface area (Å²) in [5.74, 6) is 0.384. The van der Waals surface area contributed by atoms with E-state index in [1.807, 2.05) is 12.3 Å². The molecule has 2 rings (SSSR count). The third-order valence-electron chi connectivity index (χ3n) is 3.75. The summed E-state index contributed by atoms with van der Waals surface area (Å²) in [6.45, 7) is 2.81. The Bertz CT molecular complexity index is 872. The number of aromatic nitrogens is 1. The van der Waals surface area contributed by atoms with E-state index < -0.39 is 5.91 Å². The maximum atomic E-state index is 12.6. The fourth-order valence-electron chi connectivity index (χ4n) is 2.31. The lowest BCUT2D eigenvalue weighted by Crippen LogP contribution is -2.33. The SMILES string of the molecule is COCCNC(=O)Cn1c(C)csc1=NC(=O)c1ccc(OC)c(OC)c1. The number of rotatable bonds is 8. The van der Waals surface area contributed by atoms with Gasteiger partial charge in [0.15, 0.2) is 16.3 Å². The molecule has 2 amide bonds. The van der Waals surface area contributed by atoms with Gasteiger partial charge in [0, 0.05) is 30.3 Å². The molecule has 0 aliphatic rings. The molecule has 0 bridgehead atoms. The summed E-state index contributed by atoms with van der Waals surface area (Å²) in [7, 11) is 4.60.